The number of rotatable bonds is 3. The molecule has 0 atom stereocenters. The molecule has 0 bridgehead atoms. The number of hydrogen-bond donors (Lipinski definition) is 1. The zero-order valence-electron chi connectivity index (χ0n) is 8.23. The summed E-state index contributed by atoms with van der Waals surface area (Å²) in [6.45, 7) is 0. The van der Waals surface area contributed by atoms with Crippen molar-refractivity contribution in [2.75, 3.05) is 7.11 Å². The molecule has 1 amide bonds. The number of carbonyl (C=O) groups is 1. The number of benzene rings is 1. The first-order valence-corrected chi connectivity index (χ1v) is 4.23. The summed E-state index contributed by atoms with van der Waals surface area (Å²) in [6.07, 6.45) is 1.42. The van der Waals surface area contributed by atoms with Crippen molar-refractivity contribution >= 4 is 12.0 Å². The van der Waals surface area contributed by atoms with Crippen LogP contribution in [0.1, 0.15) is 5.56 Å². The SMILES string of the molecule is COc1cccc(/C=C(\C#N)C(N)=O)c1. The lowest BCUT2D eigenvalue weighted by Gasteiger charge is -2.00. The molecule has 0 saturated heterocycles. The van der Waals surface area contributed by atoms with E-state index in [1.54, 1.807) is 37.4 Å². The molecule has 76 valence electrons. The monoisotopic (exact) mass is 202 g/mol. The van der Waals surface area contributed by atoms with Crippen molar-refractivity contribution in [3.8, 4) is 11.8 Å². The molecule has 0 aliphatic rings. The third-order valence-electron chi connectivity index (χ3n) is 1.79. The fourth-order valence-corrected chi connectivity index (χ4v) is 1.06. The lowest BCUT2D eigenvalue weighted by molar-refractivity contribution is -0.114. The number of nitriles is 1. The fourth-order valence-electron chi connectivity index (χ4n) is 1.06. The molecule has 4 nitrogen and oxygen atoms in total. The third-order valence-corrected chi connectivity index (χ3v) is 1.79. The van der Waals surface area contributed by atoms with Gasteiger partial charge < -0.3 is 10.5 Å². The van der Waals surface area contributed by atoms with Crippen LogP contribution < -0.4 is 10.5 Å². The Labute approximate surface area is 87.6 Å². The Morgan fingerprint density at radius 2 is 2.33 bits per heavy atom. The van der Waals surface area contributed by atoms with Crippen molar-refractivity contribution in [1.29, 1.82) is 5.26 Å². The summed E-state index contributed by atoms with van der Waals surface area (Å²) < 4.78 is 5.00. The molecule has 0 saturated carbocycles. The van der Waals surface area contributed by atoms with E-state index in [9.17, 15) is 4.79 Å². The number of nitrogens with two attached hydrogens (primary N) is 1. The quantitative estimate of drug-likeness (QED) is 0.588. The Morgan fingerprint density at radius 3 is 2.87 bits per heavy atom. The van der Waals surface area contributed by atoms with Gasteiger partial charge in [-0.15, -0.1) is 0 Å². The number of hydrogen-bond acceptors (Lipinski definition) is 3. The van der Waals surface area contributed by atoms with E-state index in [2.05, 4.69) is 0 Å². The maximum atomic E-state index is 10.8. The van der Waals surface area contributed by atoms with Crippen molar-refractivity contribution in [1.82, 2.24) is 0 Å². The Kier molecular flexibility index (Phi) is 3.47. The lowest BCUT2D eigenvalue weighted by atomic mass is 10.1. The van der Waals surface area contributed by atoms with Gasteiger partial charge in [-0.25, -0.2) is 0 Å². The highest BCUT2D eigenvalue weighted by atomic mass is 16.5. The number of carbonyl (C=O) groups excluding carboxylic acids is 1. The van der Waals surface area contributed by atoms with Crippen molar-refractivity contribution in [2.45, 2.75) is 0 Å². The van der Waals surface area contributed by atoms with Crippen LogP contribution in [-0.2, 0) is 4.79 Å². The van der Waals surface area contributed by atoms with E-state index in [0.29, 0.717) is 11.3 Å². The maximum absolute atomic E-state index is 10.8. The number of nitrogens with zero attached hydrogens (tertiary/aromatic N) is 1. The van der Waals surface area contributed by atoms with Gasteiger partial charge in [0.25, 0.3) is 5.91 Å². The van der Waals surface area contributed by atoms with E-state index in [-0.39, 0.29) is 5.57 Å². The molecule has 0 radical (unpaired) electrons. The molecule has 0 aliphatic carbocycles. The summed E-state index contributed by atoms with van der Waals surface area (Å²) in [5.41, 5.74) is 5.62. The lowest BCUT2D eigenvalue weighted by Crippen LogP contribution is -2.12. The van der Waals surface area contributed by atoms with E-state index < -0.39 is 5.91 Å². The van der Waals surface area contributed by atoms with Crippen LogP contribution in [0.4, 0.5) is 0 Å². The van der Waals surface area contributed by atoms with Gasteiger partial charge in [0.1, 0.15) is 17.4 Å². The van der Waals surface area contributed by atoms with Gasteiger partial charge in [-0.3, -0.25) is 4.79 Å². The van der Waals surface area contributed by atoms with Crippen LogP contribution in [0.25, 0.3) is 6.08 Å². The van der Waals surface area contributed by atoms with Crippen LogP contribution in [0.5, 0.6) is 5.75 Å². The first-order chi connectivity index (χ1) is 7.17. The molecule has 1 rings (SSSR count). The van der Waals surface area contributed by atoms with Crippen LogP contribution in [0.2, 0.25) is 0 Å². The van der Waals surface area contributed by atoms with Crippen molar-refractivity contribution in [2.24, 2.45) is 5.73 Å². The number of primary amides is 1. The molecular formula is C11H10N2O2. The summed E-state index contributed by atoms with van der Waals surface area (Å²) in [5.74, 6) is -0.0779. The Balaban J connectivity index is 3.07. The second-order valence-corrected chi connectivity index (χ2v) is 2.81. The Morgan fingerprint density at radius 1 is 1.60 bits per heavy atom. The van der Waals surface area contributed by atoms with E-state index >= 15 is 0 Å². The molecule has 0 fully saturated rings. The normalized spacial score (nSPS) is 10.5. The smallest absolute Gasteiger partial charge is 0.259 e. The first-order valence-electron chi connectivity index (χ1n) is 4.23. The highest BCUT2D eigenvalue weighted by Crippen LogP contribution is 2.14. The molecular weight excluding hydrogens is 192 g/mol. The van der Waals surface area contributed by atoms with E-state index in [1.807, 2.05) is 0 Å². The number of amides is 1. The summed E-state index contributed by atoms with van der Waals surface area (Å²) in [7, 11) is 1.54. The molecule has 0 aromatic heterocycles. The largest absolute Gasteiger partial charge is 0.497 e. The van der Waals surface area contributed by atoms with Crippen molar-refractivity contribution in [3.05, 3.63) is 35.4 Å². The fraction of sp³-hybridized carbons (Fsp3) is 0.0909. The molecule has 0 unspecified atom stereocenters. The van der Waals surface area contributed by atoms with Gasteiger partial charge >= 0.3 is 0 Å². The summed E-state index contributed by atoms with van der Waals surface area (Å²) in [5, 5.41) is 8.63. The molecule has 1 aromatic rings. The standard InChI is InChI=1S/C11H10N2O2/c1-15-10-4-2-3-8(6-10)5-9(7-12)11(13)14/h2-6H,1H3,(H2,13,14)/b9-5+. The topological polar surface area (TPSA) is 76.1 Å². The van der Waals surface area contributed by atoms with Crippen LogP contribution in [-0.4, -0.2) is 13.0 Å². The summed E-state index contributed by atoms with van der Waals surface area (Å²) in [4.78, 5) is 10.8. The first kappa shape index (κ1) is 10.8. The molecule has 0 heterocycles. The zero-order valence-corrected chi connectivity index (χ0v) is 8.23. The maximum Gasteiger partial charge on any atom is 0.259 e. The van der Waals surface area contributed by atoms with Crippen LogP contribution in [0.15, 0.2) is 29.8 Å². The molecule has 15 heavy (non-hydrogen) atoms. The van der Waals surface area contributed by atoms with E-state index in [0.717, 1.165) is 0 Å². The van der Waals surface area contributed by atoms with Crippen molar-refractivity contribution in [3.63, 3.8) is 0 Å². The highest BCUT2D eigenvalue weighted by molar-refractivity contribution is 6.00. The minimum atomic E-state index is -0.736. The van der Waals surface area contributed by atoms with Crippen LogP contribution >= 0.6 is 0 Å². The molecule has 4 heteroatoms. The van der Waals surface area contributed by atoms with Gasteiger partial charge in [0, 0.05) is 0 Å². The van der Waals surface area contributed by atoms with Gasteiger partial charge in [0.2, 0.25) is 0 Å². The predicted octanol–water partition coefficient (Wildman–Crippen LogP) is 1.09. The summed E-state index contributed by atoms with van der Waals surface area (Å²) in [6, 6.07) is 8.73. The van der Waals surface area contributed by atoms with Gasteiger partial charge in [-0.05, 0) is 23.8 Å². The van der Waals surface area contributed by atoms with Crippen molar-refractivity contribution < 1.29 is 9.53 Å². The Hall–Kier alpha value is -2.28. The number of ether oxygens (including phenoxy) is 1. The highest BCUT2D eigenvalue weighted by Gasteiger charge is 2.03. The Bertz CT molecular complexity index is 444. The average Bonchev–Trinajstić information content (AvgIpc) is 2.25. The third kappa shape index (κ3) is 2.85. The van der Waals surface area contributed by atoms with Gasteiger partial charge in [0.15, 0.2) is 0 Å². The van der Waals surface area contributed by atoms with Crippen LogP contribution in [0, 0.1) is 11.3 Å². The second-order valence-electron chi connectivity index (χ2n) is 2.81. The minimum absolute atomic E-state index is 0.0803. The van der Waals surface area contributed by atoms with Gasteiger partial charge in [-0.1, -0.05) is 12.1 Å². The molecule has 0 aliphatic heterocycles. The molecule has 2 N–H and O–H groups in total. The van der Waals surface area contributed by atoms with Crippen LogP contribution in [0.3, 0.4) is 0 Å². The van der Waals surface area contributed by atoms with Gasteiger partial charge in [0.05, 0.1) is 7.11 Å². The average molecular weight is 202 g/mol. The van der Waals surface area contributed by atoms with Gasteiger partial charge in [-0.2, -0.15) is 5.26 Å². The number of methoxy groups -OCH3 is 1. The molecule has 0 spiro atoms. The molecule has 1 aromatic carbocycles. The minimum Gasteiger partial charge on any atom is -0.497 e. The van der Waals surface area contributed by atoms with E-state index in [4.69, 9.17) is 15.7 Å². The second kappa shape index (κ2) is 4.82. The van der Waals surface area contributed by atoms with E-state index in [1.165, 1.54) is 6.08 Å². The zero-order chi connectivity index (χ0) is 11.3. The predicted molar refractivity (Wildman–Crippen MR) is 55.8 cm³/mol. The summed E-state index contributed by atoms with van der Waals surface area (Å²) >= 11 is 0.